The van der Waals surface area contributed by atoms with Crippen molar-refractivity contribution >= 4 is 5.97 Å². The lowest BCUT2D eigenvalue weighted by Gasteiger charge is -2.04. The van der Waals surface area contributed by atoms with E-state index in [1.54, 1.807) is 6.07 Å². The van der Waals surface area contributed by atoms with E-state index in [0.717, 1.165) is 11.8 Å². The van der Waals surface area contributed by atoms with Crippen molar-refractivity contribution in [2.75, 3.05) is 0 Å². The topological polar surface area (TPSA) is 72.3 Å². The molecule has 1 heterocycles. The van der Waals surface area contributed by atoms with Gasteiger partial charge in [0.25, 0.3) is 0 Å². The largest absolute Gasteiger partial charge is 0.476 e. The van der Waals surface area contributed by atoms with Crippen LogP contribution in [0.1, 0.15) is 16.1 Å². The van der Waals surface area contributed by atoms with Gasteiger partial charge in [-0.25, -0.2) is 14.8 Å². The summed E-state index contributed by atoms with van der Waals surface area (Å²) in [5.41, 5.74) is 0.958. The van der Waals surface area contributed by atoms with Gasteiger partial charge < -0.3 is 9.84 Å². The third kappa shape index (κ3) is 2.78. The molecule has 0 saturated heterocycles. The number of aromatic carboxylic acids is 1. The van der Waals surface area contributed by atoms with Gasteiger partial charge in [-0.05, 0) is 24.6 Å². The normalized spacial score (nSPS) is 9.94. The quantitative estimate of drug-likeness (QED) is 0.875. The van der Waals surface area contributed by atoms with Gasteiger partial charge in [0.15, 0.2) is 5.69 Å². The second kappa shape index (κ2) is 4.61. The summed E-state index contributed by atoms with van der Waals surface area (Å²) in [5.74, 6) is -0.206. The lowest BCUT2D eigenvalue weighted by molar-refractivity contribution is 0.0690. The molecule has 5 heteroatoms. The molecule has 17 heavy (non-hydrogen) atoms. The van der Waals surface area contributed by atoms with Crippen LogP contribution in [0, 0.1) is 6.92 Å². The molecule has 0 aliphatic heterocycles. The summed E-state index contributed by atoms with van der Waals surface area (Å²) in [6, 6.07) is 7.46. The first-order valence-electron chi connectivity index (χ1n) is 4.95. The fraction of sp³-hybridized carbons (Fsp3) is 0.0833. The van der Waals surface area contributed by atoms with Crippen molar-refractivity contribution < 1.29 is 14.6 Å². The van der Waals surface area contributed by atoms with E-state index in [1.807, 2.05) is 25.1 Å². The Balaban J connectivity index is 2.16. The van der Waals surface area contributed by atoms with Crippen molar-refractivity contribution in [3.05, 3.63) is 47.9 Å². The first-order valence-corrected chi connectivity index (χ1v) is 4.95. The second-order valence-electron chi connectivity index (χ2n) is 3.46. The van der Waals surface area contributed by atoms with Crippen molar-refractivity contribution in [2.45, 2.75) is 6.92 Å². The van der Waals surface area contributed by atoms with Gasteiger partial charge in [0.2, 0.25) is 5.88 Å². The van der Waals surface area contributed by atoms with Crippen LogP contribution in [-0.2, 0) is 0 Å². The predicted molar refractivity (Wildman–Crippen MR) is 60.2 cm³/mol. The highest BCUT2D eigenvalue weighted by Gasteiger charge is 2.05. The van der Waals surface area contributed by atoms with Crippen LogP contribution in [0.4, 0.5) is 0 Å². The van der Waals surface area contributed by atoms with E-state index in [1.165, 1.54) is 6.20 Å². The Labute approximate surface area is 97.7 Å². The molecule has 0 saturated carbocycles. The smallest absolute Gasteiger partial charge is 0.356 e. The first-order chi connectivity index (χ1) is 8.15. The fourth-order valence-corrected chi connectivity index (χ4v) is 1.28. The van der Waals surface area contributed by atoms with E-state index >= 15 is 0 Å². The van der Waals surface area contributed by atoms with Crippen LogP contribution in [0.25, 0.3) is 0 Å². The number of carboxylic acids is 1. The minimum atomic E-state index is -1.11. The highest BCUT2D eigenvalue weighted by Crippen LogP contribution is 2.19. The zero-order chi connectivity index (χ0) is 12.3. The Hall–Kier alpha value is -2.43. The summed E-state index contributed by atoms with van der Waals surface area (Å²) in [5, 5.41) is 8.66. The molecule has 86 valence electrons. The van der Waals surface area contributed by atoms with E-state index in [-0.39, 0.29) is 11.6 Å². The molecule has 2 rings (SSSR count). The Kier molecular flexibility index (Phi) is 3.00. The molecule has 0 radical (unpaired) electrons. The zero-order valence-electron chi connectivity index (χ0n) is 9.12. The van der Waals surface area contributed by atoms with Crippen molar-refractivity contribution in [1.82, 2.24) is 9.97 Å². The van der Waals surface area contributed by atoms with Crippen LogP contribution < -0.4 is 4.74 Å². The van der Waals surface area contributed by atoms with E-state index in [9.17, 15) is 4.79 Å². The average Bonchev–Trinajstić information content (AvgIpc) is 2.29. The molecule has 0 bridgehead atoms. The number of benzene rings is 1. The van der Waals surface area contributed by atoms with Crippen LogP contribution in [-0.4, -0.2) is 21.0 Å². The summed E-state index contributed by atoms with van der Waals surface area (Å²) in [6.07, 6.45) is 2.44. The van der Waals surface area contributed by atoms with Gasteiger partial charge in [-0.2, -0.15) is 0 Å². The summed E-state index contributed by atoms with van der Waals surface area (Å²) < 4.78 is 5.43. The molecule has 1 aromatic heterocycles. The predicted octanol–water partition coefficient (Wildman–Crippen LogP) is 2.28. The van der Waals surface area contributed by atoms with Gasteiger partial charge in [0.1, 0.15) is 5.75 Å². The lowest BCUT2D eigenvalue weighted by Crippen LogP contribution is -2.01. The fourth-order valence-electron chi connectivity index (χ4n) is 1.28. The Morgan fingerprint density at radius 3 is 2.71 bits per heavy atom. The number of aryl methyl sites for hydroxylation is 1. The SMILES string of the molecule is Cc1cccc(Oc2cnc(C(=O)O)cn2)c1. The lowest BCUT2D eigenvalue weighted by atomic mass is 10.2. The van der Waals surface area contributed by atoms with Crippen molar-refractivity contribution in [2.24, 2.45) is 0 Å². The summed E-state index contributed by atoms with van der Waals surface area (Å²) >= 11 is 0. The molecule has 5 nitrogen and oxygen atoms in total. The number of aromatic nitrogens is 2. The Morgan fingerprint density at radius 1 is 1.29 bits per heavy atom. The van der Waals surface area contributed by atoms with E-state index < -0.39 is 5.97 Å². The number of carboxylic acid groups (broad SMARTS) is 1. The molecule has 0 fully saturated rings. The average molecular weight is 230 g/mol. The molecular formula is C12H10N2O3. The van der Waals surface area contributed by atoms with Crippen LogP contribution in [0.2, 0.25) is 0 Å². The third-order valence-electron chi connectivity index (χ3n) is 2.06. The number of nitrogens with zero attached hydrogens (tertiary/aromatic N) is 2. The maximum atomic E-state index is 10.6. The Morgan fingerprint density at radius 2 is 2.12 bits per heavy atom. The Bertz CT molecular complexity index is 538. The number of carbonyl (C=O) groups is 1. The van der Waals surface area contributed by atoms with Crippen LogP contribution in [0.3, 0.4) is 0 Å². The van der Waals surface area contributed by atoms with Crippen LogP contribution in [0.5, 0.6) is 11.6 Å². The van der Waals surface area contributed by atoms with Crippen LogP contribution >= 0.6 is 0 Å². The molecule has 0 aliphatic rings. The van der Waals surface area contributed by atoms with Crippen LogP contribution in [0.15, 0.2) is 36.7 Å². The first kappa shape index (κ1) is 11.1. The minimum Gasteiger partial charge on any atom is -0.476 e. The van der Waals surface area contributed by atoms with E-state index in [0.29, 0.717) is 5.75 Å². The van der Waals surface area contributed by atoms with E-state index in [4.69, 9.17) is 9.84 Å². The van der Waals surface area contributed by atoms with Crippen molar-refractivity contribution in [3.8, 4) is 11.6 Å². The summed E-state index contributed by atoms with van der Waals surface area (Å²) in [4.78, 5) is 18.1. The number of ether oxygens (including phenoxy) is 1. The van der Waals surface area contributed by atoms with E-state index in [2.05, 4.69) is 9.97 Å². The second-order valence-corrected chi connectivity index (χ2v) is 3.46. The number of hydrogen-bond donors (Lipinski definition) is 1. The number of hydrogen-bond acceptors (Lipinski definition) is 4. The van der Waals surface area contributed by atoms with Gasteiger partial charge >= 0.3 is 5.97 Å². The van der Waals surface area contributed by atoms with Gasteiger partial charge in [-0.1, -0.05) is 12.1 Å². The molecule has 0 atom stereocenters. The zero-order valence-corrected chi connectivity index (χ0v) is 9.12. The van der Waals surface area contributed by atoms with Crippen molar-refractivity contribution in [3.63, 3.8) is 0 Å². The molecule has 0 unspecified atom stereocenters. The molecule has 1 aromatic carbocycles. The molecule has 0 aliphatic carbocycles. The number of rotatable bonds is 3. The van der Waals surface area contributed by atoms with Gasteiger partial charge in [0.05, 0.1) is 12.4 Å². The monoisotopic (exact) mass is 230 g/mol. The standard InChI is InChI=1S/C12H10N2O3/c1-8-3-2-4-9(5-8)17-11-7-13-10(6-14-11)12(15)16/h2-7H,1H3,(H,15,16). The minimum absolute atomic E-state index is 0.110. The molecule has 1 N–H and O–H groups in total. The summed E-state index contributed by atoms with van der Waals surface area (Å²) in [6.45, 7) is 1.95. The molecule has 0 amide bonds. The molecule has 0 spiro atoms. The highest BCUT2D eigenvalue weighted by atomic mass is 16.5. The van der Waals surface area contributed by atoms with Gasteiger partial charge in [0, 0.05) is 0 Å². The van der Waals surface area contributed by atoms with Gasteiger partial charge in [-0.15, -0.1) is 0 Å². The molecule has 2 aromatic rings. The summed E-state index contributed by atoms with van der Waals surface area (Å²) in [7, 11) is 0. The maximum Gasteiger partial charge on any atom is 0.356 e. The highest BCUT2D eigenvalue weighted by molar-refractivity contribution is 5.84. The third-order valence-corrected chi connectivity index (χ3v) is 2.06. The maximum absolute atomic E-state index is 10.6. The molecular weight excluding hydrogens is 220 g/mol. The van der Waals surface area contributed by atoms with Gasteiger partial charge in [-0.3, -0.25) is 0 Å². The van der Waals surface area contributed by atoms with Crippen molar-refractivity contribution in [1.29, 1.82) is 0 Å².